The maximum Gasteiger partial charge on any atom is 0.262 e. The number of hydrogen-bond donors (Lipinski definition) is 1. The molecule has 0 atom stereocenters. The van der Waals surface area contributed by atoms with Crippen LogP contribution in [0.2, 0.25) is 0 Å². The molecule has 112 valence electrons. The normalized spacial score (nSPS) is 13.4. The molecule has 1 aromatic carbocycles. The summed E-state index contributed by atoms with van der Waals surface area (Å²) in [5.74, 6) is -1.25. The third-order valence-electron chi connectivity index (χ3n) is 3.28. The van der Waals surface area contributed by atoms with Crippen LogP contribution < -0.4 is 5.32 Å². The van der Waals surface area contributed by atoms with E-state index in [2.05, 4.69) is 10.3 Å². The van der Waals surface area contributed by atoms with Gasteiger partial charge in [0.25, 0.3) is 11.8 Å². The van der Waals surface area contributed by atoms with Crippen LogP contribution in [0.3, 0.4) is 0 Å². The van der Waals surface area contributed by atoms with Gasteiger partial charge in [0.1, 0.15) is 11.6 Å². The number of hydrogen-bond acceptors (Lipinski definition) is 5. The van der Waals surface area contributed by atoms with Gasteiger partial charge in [-0.05, 0) is 19.1 Å². The van der Waals surface area contributed by atoms with E-state index in [9.17, 15) is 14.4 Å². The maximum absolute atomic E-state index is 12.1. The van der Waals surface area contributed by atoms with Crippen LogP contribution in [0.15, 0.2) is 29.6 Å². The lowest BCUT2D eigenvalue weighted by Gasteiger charge is -2.13. The van der Waals surface area contributed by atoms with Crippen molar-refractivity contribution in [1.29, 1.82) is 0 Å². The van der Waals surface area contributed by atoms with E-state index >= 15 is 0 Å². The van der Waals surface area contributed by atoms with Crippen molar-refractivity contribution in [3.63, 3.8) is 0 Å². The highest BCUT2D eigenvalue weighted by Crippen LogP contribution is 2.21. The molecule has 2 heterocycles. The van der Waals surface area contributed by atoms with Crippen molar-refractivity contribution in [3.8, 4) is 0 Å². The second-order valence-electron chi connectivity index (χ2n) is 4.90. The first-order chi connectivity index (χ1) is 10.6. The third-order valence-corrected chi connectivity index (χ3v) is 4.25. The van der Waals surface area contributed by atoms with Crippen molar-refractivity contribution >= 4 is 29.1 Å². The van der Waals surface area contributed by atoms with Crippen LogP contribution in [0.1, 0.15) is 31.4 Å². The number of benzene rings is 1. The zero-order valence-corrected chi connectivity index (χ0v) is 12.6. The molecule has 0 saturated carbocycles. The predicted octanol–water partition coefficient (Wildman–Crippen LogP) is 1.36. The second kappa shape index (κ2) is 5.69. The smallest absolute Gasteiger partial charge is 0.262 e. The standard InChI is InChI=1S/C15H13N3O3S/c1-9-8-22-13(17-9)6-16-12(19)7-18-14(20)10-4-2-3-5-11(10)15(18)21/h2-5,8H,6-7H2,1H3,(H,16,19). The molecule has 0 saturated heterocycles. The quantitative estimate of drug-likeness (QED) is 0.864. The lowest BCUT2D eigenvalue weighted by molar-refractivity contribution is -0.121. The van der Waals surface area contributed by atoms with E-state index in [0.29, 0.717) is 17.7 Å². The third kappa shape index (κ3) is 2.62. The Hall–Kier alpha value is -2.54. The van der Waals surface area contributed by atoms with Crippen LogP contribution in [0.4, 0.5) is 0 Å². The Kier molecular flexibility index (Phi) is 3.72. The zero-order chi connectivity index (χ0) is 15.7. The van der Waals surface area contributed by atoms with Crippen molar-refractivity contribution in [1.82, 2.24) is 15.2 Å². The molecule has 1 aliphatic rings. The molecule has 1 N–H and O–H groups in total. The van der Waals surface area contributed by atoms with Gasteiger partial charge < -0.3 is 5.32 Å². The van der Waals surface area contributed by atoms with Gasteiger partial charge in [0.15, 0.2) is 0 Å². The van der Waals surface area contributed by atoms with Gasteiger partial charge in [-0.3, -0.25) is 19.3 Å². The molecule has 1 aromatic heterocycles. The highest BCUT2D eigenvalue weighted by atomic mass is 32.1. The first-order valence-corrected chi connectivity index (χ1v) is 7.57. The molecule has 0 radical (unpaired) electrons. The van der Waals surface area contributed by atoms with Crippen molar-refractivity contribution in [2.45, 2.75) is 13.5 Å². The number of nitrogens with zero attached hydrogens (tertiary/aromatic N) is 2. The summed E-state index contributed by atoms with van der Waals surface area (Å²) in [5, 5.41) is 5.35. The Morgan fingerprint density at radius 3 is 2.41 bits per heavy atom. The summed E-state index contributed by atoms with van der Waals surface area (Å²) in [6.45, 7) is 1.89. The summed E-state index contributed by atoms with van der Waals surface area (Å²) in [6, 6.07) is 6.56. The molecule has 0 spiro atoms. The fourth-order valence-electron chi connectivity index (χ4n) is 2.24. The Morgan fingerprint density at radius 2 is 1.86 bits per heavy atom. The van der Waals surface area contributed by atoms with Crippen molar-refractivity contribution in [2.75, 3.05) is 6.54 Å². The van der Waals surface area contributed by atoms with E-state index in [1.165, 1.54) is 11.3 Å². The lowest BCUT2D eigenvalue weighted by atomic mass is 10.1. The van der Waals surface area contributed by atoms with E-state index in [4.69, 9.17) is 0 Å². The molecule has 1 aliphatic heterocycles. The van der Waals surface area contributed by atoms with E-state index in [1.807, 2.05) is 12.3 Å². The van der Waals surface area contributed by atoms with Gasteiger partial charge in [-0.2, -0.15) is 0 Å². The summed E-state index contributed by atoms with van der Waals surface area (Å²) in [5.41, 5.74) is 1.58. The number of rotatable bonds is 4. The lowest BCUT2D eigenvalue weighted by Crippen LogP contribution is -2.40. The summed E-state index contributed by atoms with van der Waals surface area (Å²) in [6.07, 6.45) is 0. The molecule has 0 aliphatic carbocycles. The summed E-state index contributed by atoms with van der Waals surface area (Å²) >= 11 is 1.45. The highest BCUT2D eigenvalue weighted by Gasteiger charge is 2.36. The number of aromatic nitrogens is 1. The van der Waals surface area contributed by atoms with Crippen LogP contribution in [-0.2, 0) is 11.3 Å². The van der Waals surface area contributed by atoms with Gasteiger partial charge in [0, 0.05) is 11.1 Å². The largest absolute Gasteiger partial charge is 0.348 e. The Labute approximate surface area is 130 Å². The van der Waals surface area contributed by atoms with Gasteiger partial charge in [-0.25, -0.2) is 4.98 Å². The van der Waals surface area contributed by atoms with Crippen molar-refractivity contribution < 1.29 is 14.4 Å². The molecule has 0 fully saturated rings. The number of carbonyl (C=O) groups excluding carboxylic acids is 3. The zero-order valence-electron chi connectivity index (χ0n) is 11.8. The topological polar surface area (TPSA) is 79.4 Å². The SMILES string of the molecule is Cc1csc(CNC(=O)CN2C(=O)c3ccccc3C2=O)n1. The molecular weight excluding hydrogens is 302 g/mol. The van der Waals surface area contributed by atoms with E-state index in [-0.39, 0.29) is 12.5 Å². The fraction of sp³-hybridized carbons (Fsp3) is 0.200. The molecule has 22 heavy (non-hydrogen) atoms. The second-order valence-corrected chi connectivity index (χ2v) is 5.84. The number of nitrogens with one attached hydrogen (secondary N) is 1. The van der Waals surface area contributed by atoms with Crippen LogP contribution >= 0.6 is 11.3 Å². The fourth-order valence-corrected chi connectivity index (χ4v) is 2.95. The number of amides is 3. The Bertz CT molecular complexity index is 734. The predicted molar refractivity (Wildman–Crippen MR) is 80.5 cm³/mol. The number of thiazole rings is 1. The van der Waals surface area contributed by atoms with Gasteiger partial charge in [-0.15, -0.1) is 11.3 Å². The van der Waals surface area contributed by atoms with Gasteiger partial charge in [-0.1, -0.05) is 12.1 Å². The van der Waals surface area contributed by atoms with Crippen LogP contribution in [0.5, 0.6) is 0 Å². The number of imide groups is 1. The molecule has 3 amide bonds. The minimum Gasteiger partial charge on any atom is -0.348 e. The minimum atomic E-state index is -0.430. The summed E-state index contributed by atoms with van der Waals surface area (Å²) < 4.78 is 0. The van der Waals surface area contributed by atoms with E-state index in [1.54, 1.807) is 24.3 Å². The van der Waals surface area contributed by atoms with Crippen LogP contribution in [-0.4, -0.2) is 34.2 Å². The van der Waals surface area contributed by atoms with Crippen LogP contribution in [0, 0.1) is 6.92 Å². The summed E-state index contributed by atoms with van der Waals surface area (Å²) in [7, 11) is 0. The van der Waals surface area contributed by atoms with Gasteiger partial charge in [0.05, 0.1) is 17.7 Å². The van der Waals surface area contributed by atoms with E-state index in [0.717, 1.165) is 15.6 Å². The molecule has 6 nitrogen and oxygen atoms in total. The van der Waals surface area contributed by atoms with Gasteiger partial charge >= 0.3 is 0 Å². The minimum absolute atomic E-state index is 0.281. The molecule has 0 unspecified atom stereocenters. The molecule has 0 bridgehead atoms. The number of fused-ring (bicyclic) bond motifs is 1. The Morgan fingerprint density at radius 1 is 1.23 bits per heavy atom. The highest BCUT2D eigenvalue weighted by molar-refractivity contribution is 7.09. The van der Waals surface area contributed by atoms with Crippen molar-refractivity contribution in [2.24, 2.45) is 0 Å². The van der Waals surface area contributed by atoms with Gasteiger partial charge in [0.2, 0.25) is 5.91 Å². The maximum atomic E-state index is 12.1. The number of carbonyl (C=O) groups is 3. The Balaban J connectivity index is 1.63. The monoisotopic (exact) mass is 315 g/mol. The molecular formula is C15H13N3O3S. The number of aryl methyl sites for hydroxylation is 1. The molecule has 7 heteroatoms. The first-order valence-electron chi connectivity index (χ1n) is 6.69. The molecule has 3 rings (SSSR count). The van der Waals surface area contributed by atoms with Crippen LogP contribution in [0.25, 0.3) is 0 Å². The average Bonchev–Trinajstić information content (AvgIpc) is 3.03. The van der Waals surface area contributed by atoms with Crippen molar-refractivity contribution in [3.05, 3.63) is 51.5 Å². The molecule has 2 aromatic rings. The first kappa shape index (κ1) is 14.4. The van der Waals surface area contributed by atoms with E-state index < -0.39 is 11.8 Å². The summed E-state index contributed by atoms with van der Waals surface area (Å²) in [4.78, 5) is 41.4. The average molecular weight is 315 g/mol.